The van der Waals surface area contributed by atoms with E-state index in [1.54, 1.807) is 12.1 Å². The summed E-state index contributed by atoms with van der Waals surface area (Å²) in [7, 11) is 0. The van der Waals surface area contributed by atoms with Gasteiger partial charge in [0, 0.05) is 13.1 Å². The molecule has 84 valence electrons. The Balaban J connectivity index is 2.34. The summed E-state index contributed by atoms with van der Waals surface area (Å²) >= 11 is 0. The van der Waals surface area contributed by atoms with Crippen LogP contribution in [0.15, 0.2) is 24.3 Å². The molecule has 0 bridgehead atoms. The van der Waals surface area contributed by atoms with Gasteiger partial charge in [-0.3, -0.25) is 0 Å². The first kappa shape index (κ1) is 12.0. The summed E-state index contributed by atoms with van der Waals surface area (Å²) in [5.41, 5.74) is 0.588. The van der Waals surface area contributed by atoms with Crippen molar-refractivity contribution in [2.75, 3.05) is 31.5 Å². The lowest BCUT2D eigenvalue weighted by molar-refractivity contribution is 0.316. The van der Waals surface area contributed by atoms with E-state index in [1.165, 1.54) is 6.07 Å². The number of benzene rings is 1. The topological polar surface area (TPSA) is 15.3 Å². The Labute approximate surface area is 91.1 Å². The molecule has 0 radical (unpaired) electrons. The minimum absolute atomic E-state index is 0.183. The van der Waals surface area contributed by atoms with Crippen LogP contribution in [0, 0.1) is 5.82 Å². The maximum Gasteiger partial charge on any atom is 0.146 e. The standard InChI is InChI=1S/C12H19FN2/c1-3-15(4-2)10-9-14-12-8-6-5-7-11(12)13/h5-8,14H,3-4,9-10H2,1-2H3. The van der Waals surface area contributed by atoms with Gasteiger partial charge in [-0.05, 0) is 25.2 Å². The molecule has 2 nitrogen and oxygen atoms in total. The summed E-state index contributed by atoms with van der Waals surface area (Å²) in [5.74, 6) is -0.183. The van der Waals surface area contributed by atoms with Crippen LogP contribution >= 0.6 is 0 Å². The average molecular weight is 210 g/mol. The second-order valence-corrected chi connectivity index (χ2v) is 3.43. The van der Waals surface area contributed by atoms with Crippen molar-refractivity contribution in [2.45, 2.75) is 13.8 Å². The molecule has 1 N–H and O–H groups in total. The molecular formula is C12H19FN2. The summed E-state index contributed by atoms with van der Waals surface area (Å²) in [5, 5.41) is 3.10. The SMILES string of the molecule is CCN(CC)CCNc1ccccc1F. The van der Waals surface area contributed by atoms with Crippen molar-refractivity contribution >= 4 is 5.69 Å². The van der Waals surface area contributed by atoms with Gasteiger partial charge in [0.1, 0.15) is 5.82 Å². The molecule has 15 heavy (non-hydrogen) atoms. The molecule has 0 atom stereocenters. The number of hydrogen-bond acceptors (Lipinski definition) is 2. The molecule has 0 aliphatic rings. The Morgan fingerprint density at radius 2 is 1.87 bits per heavy atom. The van der Waals surface area contributed by atoms with E-state index >= 15 is 0 Å². The second-order valence-electron chi connectivity index (χ2n) is 3.43. The Morgan fingerprint density at radius 3 is 2.47 bits per heavy atom. The van der Waals surface area contributed by atoms with Crippen molar-refractivity contribution in [2.24, 2.45) is 0 Å². The maximum absolute atomic E-state index is 13.2. The van der Waals surface area contributed by atoms with Crippen LogP contribution in [-0.4, -0.2) is 31.1 Å². The molecule has 1 aromatic rings. The largest absolute Gasteiger partial charge is 0.381 e. The van der Waals surface area contributed by atoms with E-state index in [-0.39, 0.29) is 5.82 Å². The van der Waals surface area contributed by atoms with Gasteiger partial charge < -0.3 is 10.2 Å². The van der Waals surface area contributed by atoms with E-state index in [4.69, 9.17) is 0 Å². The van der Waals surface area contributed by atoms with E-state index in [0.717, 1.165) is 26.2 Å². The minimum Gasteiger partial charge on any atom is -0.381 e. The number of hydrogen-bond donors (Lipinski definition) is 1. The van der Waals surface area contributed by atoms with Gasteiger partial charge in [0.2, 0.25) is 0 Å². The number of rotatable bonds is 6. The number of nitrogens with zero attached hydrogens (tertiary/aromatic N) is 1. The third kappa shape index (κ3) is 3.88. The van der Waals surface area contributed by atoms with Crippen molar-refractivity contribution in [3.8, 4) is 0 Å². The molecule has 0 spiro atoms. The fourth-order valence-corrected chi connectivity index (χ4v) is 1.49. The van der Waals surface area contributed by atoms with Gasteiger partial charge >= 0.3 is 0 Å². The molecule has 0 unspecified atom stereocenters. The molecule has 3 heteroatoms. The fraction of sp³-hybridized carbons (Fsp3) is 0.500. The van der Waals surface area contributed by atoms with Crippen LogP contribution in [0.5, 0.6) is 0 Å². The van der Waals surface area contributed by atoms with Gasteiger partial charge in [0.15, 0.2) is 0 Å². The Bertz CT molecular complexity index is 285. The van der Waals surface area contributed by atoms with E-state index in [1.807, 2.05) is 6.07 Å². The van der Waals surface area contributed by atoms with Crippen molar-refractivity contribution in [3.63, 3.8) is 0 Å². The Kier molecular flexibility index (Phi) is 5.12. The number of anilines is 1. The van der Waals surface area contributed by atoms with Crippen LogP contribution in [0.25, 0.3) is 0 Å². The van der Waals surface area contributed by atoms with Crippen LogP contribution in [-0.2, 0) is 0 Å². The predicted octanol–water partition coefficient (Wildman–Crippen LogP) is 2.58. The van der Waals surface area contributed by atoms with Crippen molar-refractivity contribution in [1.29, 1.82) is 0 Å². The van der Waals surface area contributed by atoms with E-state index < -0.39 is 0 Å². The molecule has 1 rings (SSSR count). The third-order valence-corrected chi connectivity index (χ3v) is 2.51. The zero-order valence-electron chi connectivity index (χ0n) is 9.46. The van der Waals surface area contributed by atoms with E-state index in [0.29, 0.717) is 5.69 Å². The molecule has 0 aliphatic carbocycles. The van der Waals surface area contributed by atoms with E-state index in [2.05, 4.69) is 24.1 Å². The zero-order valence-corrected chi connectivity index (χ0v) is 9.46. The number of para-hydroxylation sites is 1. The molecule has 0 heterocycles. The van der Waals surface area contributed by atoms with Crippen LogP contribution in [0.2, 0.25) is 0 Å². The monoisotopic (exact) mass is 210 g/mol. The summed E-state index contributed by atoms with van der Waals surface area (Å²) in [6, 6.07) is 6.77. The lowest BCUT2D eigenvalue weighted by Crippen LogP contribution is -2.28. The molecule has 1 aromatic carbocycles. The first-order valence-electron chi connectivity index (χ1n) is 5.48. The van der Waals surface area contributed by atoms with Gasteiger partial charge in [-0.25, -0.2) is 4.39 Å². The third-order valence-electron chi connectivity index (χ3n) is 2.51. The highest BCUT2D eigenvalue weighted by Crippen LogP contribution is 2.11. The number of halogens is 1. The molecular weight excluding hydrogens is 191 g/mol. The van der Waals surface area contributed by atoms with Crippen LogP contribution in [0.3, 0.4) is 0 Å². The molecule has 0 saturated carbocycles. The van der Waals surface area contributed by atoms with Gasteiger partial charge in [-0.1, -0.05) is 26.0 Å². The second kappa shape index (κ2) is 6.40. The van der Waals surface area contributed by atoms with Gasteiger partial charge in [0.05, 0.1) is 5.69 Å². The zero-order chi connectivity index (χ0) is 11.1. The molecule has 0 saturated heterocycles. The van der Waals surface area contributed by atoms with Crippen molar-refractivity contribution in [3.05, 3.63) is 30.1 Å². The van der Waals surface area contributed by atoms with Crippen molar-refractivity contribution in [1.82, 2.24) is 4.90 Å². The summed E-state index contributed by atoms with van der Waals surface area (Å²) in [6.45, 7) is 8.06. The average Bonchev–Trinajstić information content (AvgIpc) is 2.27. The maximum atomic E-state index is 13.2. The van der Waals surface area contributed by atoms with Gasteiger partial charge in [-0.15, -0.1) is 0 Å². The van der Waals surface area contributed by atoms with Crippen LogP contribution in [0.1, 0.15) is 13.8 Å². The smallest absolute Gasteiger partial charge is 0.146 e. The lowest BCUT2D eigenvalue weighted by atomic mass is 10.3. The Hall–Kier alpha value is -1.09. The highest BCUT2D eigenvalue weighted by molar-refractivity contribution is 5.44. The highest BCUT2D eigenvalue weighted by atomic mass is 19.1. The van der Waals surface area contributed by atoms with Crippen molar-refractivity contribution < 1.29 is 4.39 Å². The molecule has 0 fully saturated rings. The normalized spacial score (nSPS) is 10.7. The number of nitrogens with one attached hydrogen (secondary N) is 1. The minimum atomic E-state index is -0.183. The predicted molar refractivity (Wildman–Crippen MR) is 62.7 cm³/mol. The lowest BCUT2D eigenvalue weighted by Gasteiger charge is -2.18. The molecule has 0 aliphatic heterocycles. The van der Waals surface area contributed by atoms with Gasteiger partial charge in [0.25, 0.3) is 0 Å². The van der Waals surface area contributed by atoms with Crippen LogP contribution in [0.4, 0.5) is 10.1 Å². The fourth-order valence-electron chi connectivity index (χ4n) is 1.49. The summed E-state index contributed by atoms with van der Waals surface area (Å²) in [6.07, 6.45) is 0. The van der Waals surface area contributed by atoms with Crippen LogP contribution < -0.4 is 5.32 Å². The highest BCUT2D eigenvalue weighted by Gasteiger charge is 2.01. The first-order valence-corrected chi connectivity index (χ1v) is 5.48. The Morgan fingerprint density at radius 1 is 1.20 bits per heavy atom. The first-order chi connectivity index (χ1) is 7.27. The quantitative estimate of drug-likeness (QED) is 0.776. The van der Waals surface area contributed by atoms with Gasteiger partial charge in [-0.2, -0.15) is 0 Å². The summed E-state index contributed by atoms with van der Waals surface area (Å²) < 4.78 is 13.2. The summed E-state index contributed by atoms with van der Waals surface area (Å²) in [4.78, 5) is 2.30. The number of likely N-dealkylation sites (N-methyl/N-ethyl adjacent to an activating group) is 1. The van der Waals surface area contributed by atoms with E-state index in [9.17, 15) is 4.39 Å². The molecule has 0 aromatic heterocycles. The molecule has 0 amide bonds.